The molecule has 0 radical (unpaired) electrons. The van der Waals surface area contributed by atoms with Gasteiger partial charge in [0, 0.05) is 0 Å². The minimum absolute atomic E-state index is 0.131. The quantitative estimate of drug-likeness (QED) is 0.623. The number of aryl methyl sites for hydroxylation is 1. The molecule has 0 fully saturated rings. The number of halogens is 1. The van der Waals surface area contributed by atoms with Gasteiger partial charge in [-0.25, -0.2) is 14.0 Å². The molecule has 1 N–H and O–H groups in total. The molecule has 1 aromatic carbocycles. The van der Waals surface area contributed by atoms with Crippen molar-refractivity contribution in [2.45, 2.75) is 19.7 Å². The first-order valence-corrected chi connectivity index (χ1v) is 4.60. The molecule has 5 heteroatoms. The van der Waals surface area contributed by atoms with Crippen LogP contribution < -0.4 is 0 Å². The predicted molar refractivity (Wildman–Crippen MR) is 53.5 cm³/mol. The van der Waals surface area contributed by atoms with Crippen LogP contribution in [0.3, 0.4) is 0 Å². The summed E-state index contributed by atoms with van der Waals surface area (Å²) in [5, 5.41) is 8.22. The second-order valence-corrected chi connectivity index (χ2v) is 3.30. The lowest BCUT2D eigenvalue weighted by atomic mass is 10.1. The Morgan fingerprint density at radius 2 is 2.19 bits per heavy atom. The first-order valence-electron chi connectivity index (χ1n) is 4.60. The Balaban J connectivity index is 2.52. The summed E-state index contributed by atoms with van der Waals surface area (Å²) in [6, 6.07) is 7.10. The fraction of sp³-hybridized carbons (Fsp3) is 0.273. The maximum atomic E-state index is 12.6. The average Bonchev–Trinajstić information content (AvgIpc) is 2.24. The zero-order chi connectivity index (χ0) is 12.1. The van der Waals surface area contributed by atoms with Crippen LogP contribution in [0.2, 0.25) is 0 Å². The minimum atomic E-state index is -2.62. The van der Waals surface area contributed by atoms with Gasteiger partial charge in [0.1, 0.15) is 6.61 Å². The summed E-state index contributed by atoms with van der Waals surface area (Å²) < 4.78 is 17.1. The molecule has 0 spiro atoms. The van der Waals surface area contributed by atoms with E-state index >= 15 is 0 Å². The van der Waals surface area contributed by atoms with E-state index in [0.29, 0.717) is 5.56 Å². The summed E-state index contributed by atoms with van der Waals surface area (Å²) in [5.74, 6) is -3.22. The zero-order valence-electron chi connectivity index (χ0n) is 8.64. The molecule has 0 saturated carbocycles. The van der Waals surface area contributed by atoms with Gasteiger partial charge in [0.05, 0.1) is 0 Å². The van der Waals surface area contributed by atoms with Crippen LogP contribution in [0.1, 0.15) is 11.1 Å². The summed E-state index contributed by atoms with van der Waals surface area (Å²) in [4.78, 5) is 21.0. The van der Waals surface area contributed by atoms with Crippen molar-refractivity contribution in [2.24, 2.45) is 0 Å². The molecule has 86 valence electrons. The molecule has 0 aliphatic carbocycles. The number of hydrogen-bond acceptors (Lipinski definition) is 3. The number of hydrogen-bond donors (Lipinski definition) is 1. The predicted octanol–water partition coefficient (Wildman–Crippen LogP) is 1.46. The fourth-order valence-corrected chi connectivity index (χ4v) is 1.13. The fourth-order valence-electron chi connectivity index (χ4n) is 1.13. The third kappa shape index (κ3) is 3.34. The van der Waals surface area contributed by atoms with Crippen molar-refractivity contribution in [1.82, 2.24) is 0 Å². The van der Waals surface area contributed by atoms with E-state index in [1.54, 1.807) is 18.2 Å². The molecule has 0 bridgehead atoms. The smallest absolute Gasteiger partial charge is 0.352 e. The Morgan fingerprint density at radius 1 is 1.50 bits per heavy atom. The number of ether oxygens (including phenoxy) is 1. The van der Waals surface area contributed by atoms with Crippen LogP contribution >= 0.6 is 0 Å². The number of carbonyl (C=O) groups is 2. The van der Waals surface area contributed by atoms with Gasteiger partial charge in [0.15, 0.2) is 0 Å². The molecule has 0 saturated heterocycles. The zero-order valence-corrected chi connectivity index (χ0v) is 8.64. The van der Waals surface area contributed by atoms with Gasteiger partial charge >= 0.3 is 11.9 Å². The average molecular weight is 226 g/mol. The molecule has 0 amide bonds. The van der Waals surface area contributed by atoms with Gasteiger partial charge < -0.3 is 9.84 Å². The van der Waals surface area contributed by atoms with E-state index in [9.17, 15) is 14.0 Å². The second kappa shape index (κ2) is 5.25. The van der Waals surface area contributed by atoms with Crippen molar-refractivity contribution in [1.29, 1.82) is 0 Å². The van der Waals surface area contributed by atoms with Crippen LogP contribution in [0.5, 0.6) is 0 Å². The van der Waals surface area contributed by atoms with Crippen molar-refractivity contribution in [2.75, 3.05) is 0 Å². The van der Waals surface area contributed by atoms with E-state index in [4.69, 9.17) is 5.11 Å². The van der Waals surface area contributed by atoms with Crippen LogP contribution in [0.25, 0.3) is 0 Å². The first-order chi connectivity index (χ1) is 7.50. The van der Waals surface area contributed by atoms with E-state index in [2.05, 4.69) is 4.74 Å². The first kappa shape index (κ1) is 12.2. The molecule has 4 nitrogen and oxygen atoms in total. The van der Waals surface area contributed by atoms with E-state index in [1.165, 1.54) is 0 Å². The molecular weight excluding hydrogens is 215 g/mol. The number of carboxylic acids is 1. The van der Waals surface area contributed by atoms with Gasteiger partial charge in [0.2, 0.25) is 0 Å². The highest BCUT2D eigenvalue weighted by molar-refractivity contribution is 5.96. The van der Waals surface area contributed by atoms with Gasteiger partial charge in [-0.2, -0.15) is 0 Å². The summed E-state index contributed by atoms with van der Waals surface area (Å²) in [7, 11) is 0. The number of benzene rings is 1. The topological polar surface area (TPSA) is 63.6 Å². The normalized spacial score (nSPS) is 11.9. The highest BCUT2D eigenvalue weighted by Crippen LogP contribution is 2.06. The molecule has 1 atom stereocenters. The summed E-state index contributed by atoms with van der Waals surface area (Å²) in [6.45, 7) is 1.73. The second-order valence-electron chi connectivity index (χ2n) is 3.30. The summed E-state index contributed by atoms with van der Waals surface area (Å²) in [5.41, 5.74) is 1.66. The number of alkyl halides is 1. The Morgan fingerprint density at radius 3 is 2.75 bits per heavy atom. The van der Waals surface area contributed by atoms with Crippen molar-refractivity contribution in [3.8, 4) is 0 Å². The van der Waals surface area contributed by atoms with Gasteiger partial charge in [-0.05, 0) is 12.5 Å². The van der Waals surface area contributed by atoms with Crippen LogP contribution in [-0.4, -0.2) is 23.2 Å². The number of carboxylic acid groups (broad SMARTS) is 1. The van der Waals surface area contributed by atoms with Crippen molar-refractivity contribution >= 4 is 11.9 Å². The number of carbonyl (C=O) groups excluding carboxylic acids is 1. The Hall–Kier alpha value is -1.91. The maximum Gasteiger partial charge on any atom is 0.352 e. The maximum absolute atomic E-state index is 12.6. The van der Waals surface area contributed by atoms with Crippen LogP contribution in [0.15, 0.2) is 24.3 Å². The number of aliphatic carboxylic acids is 1. The van der Waals surface area contributed by atoms with Crippen LogP contribution in [0.4, 0.5) is 4.39 Å². The van der Waals surface area contributed by atoms with Crippen molar-refractivity contribution < 1.29 is 23.8 Å². The lowest BCUT2D eigenvalue weighted by Gasteiger charge is -2.06. The molecule has 1 aromatic rings. The Bertz CT molecular complexity index is 403. The Labute approximate surface area is 91.7 Å². The Kier molecular flexibility index (Phi) is 3.99. The largest absolute Gasteiger partial charge is 0.479 e. The summed E-state index contributed by atoms with van der Waals surface area (Å²) >= 11 is 0. The molecule has 1 unspecified atom stereocenters. The van der Waals surface area contributed by atoms with Gasteiger partial charge in [-0.1, -0.05) is 29.8 Å². The number of esters is 1. The highest BCUT2D eigenvalue weighted by Gasteiger charge is 2.26. The molecule has 0 aliphatic heterocycles. The van der Waals surface area contributed by atoms with E-state index in [0.717, 1.165) is 5.56 Å². The van der Waals surface area contributed by atoms with E-state index in [1.807, 2.05) is 13.0 Å². The minimum Gasteiger partial charge on any atom is -0.479 e. The van der Waals surface area contributed by atoms with E-state index < -0.39 is 18.1 Å². The lowest BCUT2D eigenvalue weighted by Crippen LogP contribution is -2.27. The van der Waals surface area contributed by atoms with Crippen LogP contribution in [0, 0.1) is 6.92 Å². The molecular formula is C11H11FO4. The standard InChI is InChI=1S/C11H11FO4/c1-7-3-2-4-8(5-7)6-16-11(15)9(12)10(13)14/h2-5,9H,6H2,1H3,(H,13,14). The molecule has 1 rings (SSSR count). The molecule has 0 heterocycles. The highest BCUT2D eigenvalue weighted by atomic mass is 19.1. The summed E-state index contributed by atoms with van der Waals surface area (Å²) in [6.07, 6.45) is -2.62. The van der Waals surface area contributed by atoms with Crippen molar-refractivity contribution in [3.63, 3.8) is 0 Å². The van der Waals surface area contributed by atoms with Gasteiger partial charge in [-0.3, -0.25) is 0 Å². The third-order valence-electron chi connectivity index (χ3n) is 1.89. The molecule has 16 heavy (non-hydrogen) atoms. The van der Waals surface area contributed by atoms with E-state index in [-0.39, 0.29) is 6.61 Å². The van der Waals surface area contributed by atoms with Crippen molar-refractivity contribution in [3.05, 3.63) is 35.4 Å². The SMILES string of the molecule is Cc1cccc(COC(=O)C(F)C(=O)O)c1. The van der Waals surface area contributed by atoms with Gasteiger partial charge in [-0.15, -0.1) is 0 Å². The van der Waals surface area contributed by atoms with Gasteiger partial charge in [0.25, 0.3) is 6.17 Å². The monoisotopic (exact) mass is 226 g/mol. The molecule has 0 aromatic heterocycles. The number of rotatable bonds is 4. The lowest BCUT2D eigenvalue weighted by molar-refractivity contribution is -0.160. The third-order valence-corrected chi connectivity index (χ3v) is 1.89. The molecule has 0 aliphatic rings. The van der Waals surface area contributed by atoms with Crippen LogP contribution in [-0.2, 0) is 20.9 Å².